The van der Waals surface area contributed by atoms with Crippen molar-refractivity contribution in [3.05, 3.63) is 39.1 Å². The maximum Gasteiger partial charge on any atom is 0.303 e. The first-order valence-corrected chi connectivity index (χ1v) is 6.28. The third kappa shape index (κ3) is 2.13. The molecule has 1 heterocycles. The molecule has 6 nitrogen and oxygen atoms in total. The summed E-state index contributed by atoms with van der Waals surface area (Å²) in [5.74, 6) is -0.871. The molecule has 6 heteroatoms. The molecule has 2 rings (SSSR count). The van der Waals surface area contributed by atoms with Crippen LogP contribution in [0.1, 0.15) is 23.2 Å². The monoisotopic (exact) mass is 276 g/mol. The molecule has 0 aliphatic carbocycles. The number of carbonyl (C=O) groups is 1. The highest BCUT2D eigenvalue weighted by atomic mass is 16.6. The zero-order chi connectivity index (χ0) is 15.0. The number of aryl methyl sites for hydroxylation is 3. The van der Waals surface area contributed by atoms with Crippen LogP contribution >= 0.6 is 0 Å². The Balaban J connectivity index is 2.76. The van der Waals surface area contributed by atoms with E-state index >= 15 is 0 Å². The smallest absolute Gasteiger partial charge is 0.303 e. The van der Waals surface area contributed by atoms with E-state index in [2.05, 4.69) is 0 Å². The van der Waals surface area contributed by atoms with Crippen LogP contribution in [0.5, 0.6) is 0 Å². The minimum Gasteiger partial charge on any atom is -0.481 e. The maximum atomic E-state index is 11.2. The molecule has 0 spiro atoms. The standard InChI is InChI=1S/C14H16N2O4/c1-8-4-6-11(16(19)20)14-13(8)10(5-7-12(17)18)9(2)15(14)3/h4,6H,5,7H2,1-3H3,(H,17,18). The van der Waals surface area contributed by atoms with Crippen molar-refractivity contribution in [2.45, 2.75) is 26.7 Å². The number of carboxylic acid groups (broad SMARTS) is 1. The van der Waals surface area contributed by atoms with Gasteiger partial charge >= 0.3 is 5.97 Å². The predicted molar refractivity (Wildman–Crippen MR) is 75.0 cm³/mol. The van der Waals surface area contributed by atoms with E-state index in [0.29, 0.717) is 11.9 Å². The molecule has 1 aromatic carbocycles. The summed E-state index contributed by atoms with van der Waals surface area (Å²) in [4.78, 5) is 21.5. The molecule has 106 valence electrons. The van der Waals surface area contributed by atoms with E-state index in [-0.39, 0.29) is 12.1 Å². The number of non-ortho nitro benzene ring substituents is 1. The summed E-state index contributed by atoms with van der Waals surface area (Å²) in [7, 11) is 1.77. The second kappa shape index (κ2) is 4.96. The lowest BCUT2D eigenvalue weighted by molar-refractivity contribution is -0.383. The average Bonchev–Trinajstić information content (AvgIpc) is 2.62. The molecule has 1 N–H and O–H groups in total. The first kappa shape index (κ1) is 14.0. The van der Waals surface area contributed by atoms with Gasteiger partial charge in [0.15, 0.2) is 0 Å². The molecular formula is C14H16N2O4. The van der Waals surface area contributed by atoms with E-state index in [9.17, 15) is 14.9 Å². The van der Waals surface area contributed by atoms with Crippen molar-refractivity contribution < 1.29 is 14.8 Å². The van der Waals surface area contributed by atoms with Crippen LogP contribution in [0.4, 0.5) is 5.69 Å². The second-order valence-corrected chi connectivity index (χ2v) is 4.90. The van der Waals surface area contributed by atoms with Gasteiger partial charge in [0.05, 0.1) is 4.92 Å². The fourth-order valence-corrected chi connectivity index (χ4v) is 2.64. The number of carboxylic acids is 1. The lowest BCUT2D eigenvalue weighted by Gasteiger charge is -2.02. The number of nitro benzene ring substituents is 1. The summed E-state index contributed by atoms with van der Waals surface area (Å²) in [6.45, 7) is 3.75. The summed E-state index contributed by atoms with van der Waals surface area (Å²) in [5.41, 5.74) is 3.30. The highest BCUT2D eigenvalue weighted by Gasteiger charge is 2.22. The van der Waals surface area contributed by atoms with Crippen LogP contribution in [0.25, 0.3) is 10.9 Å². The van der Waals surface area contributed by atoms with Gasteiger partial charge in [0, 0.05) is 30.6 Å². The van der Waals surface area contributed by atoms with Gasteiger partial charge in [-0.2, -0.15) is 0 Å². The number of hydrogen-bond donors (Lipinski definition) is 1. The normalized spacial score (nSPS) is 10.9. The zero-order valence-corrected chi connectivity index (χ0v) is 11.6. The number of hydrogen-bond acceptors (Lipinski definition) is 3. The van der Waals surface area contributed by atoms with Crippen molar-refractivity contribution in [1.29, 1.82) is 0 Å². The van der Waals surface area contributed by atoms with Gasteiger partial charge in [0.25, 0.3) is 5.69 Å². The molecule has 0 radical (unpaired) electrons. The van der Waals surface area contributed by atoms with Crippen LogP contribution in [-0.2, 0) is 18.3 Å². The minimum absolute atomic E-state index is 0.0160. The van der Waals surface area contributed by atoms with Crippen molar-refractivity contribution >= 4 is 22.6 Å². The van der Waals surface area contributed by atoms with Crippen molar-refractivity contribution in [2.75, 3.05) is 0 Å². The molecule has 0 fully saturated rings. The van der Waals surface area contributed by atoms with Crippen molar-refractivity contribution in [1.82, 2.24) is 4.57 Å². The van der Waals surface area contributed by atoms with Gasteiger partial charge in [-0.05, 0) is 31.4 Å². The first-order chi connectivity index (χ1) is 9.34. The lowest BCUT2D eigenvalue weighted by atomic mass is 10.0. The van der Waals surface area contributed by atoms with E-state index in [1.807, 2.05) is 13.8 Å². The van der Waals surface area contributed by atoms with Crippen molar-refractivity contribution in [3.8, 4) is 0 Å². The Labute approximate surface area is 115 Å². The number of nitro groups is 1. The Hall–Kier alpha value is -2.37. The quantitative estimate of drug-likeness (QED) is 0.687. The van der Waals surface area contributed by atoms with Gasteiger partial charge in [0.1, 0.15) is 5.52 Å². The molecule has 0 atom stereocenters. The number of nitrogens with zero attached hydrogens (tertiary/aromatic N) is 2. The van der Waals surface area contributed by atoms with Crippen molar-refractivity contribution in [3.63, 3.8) is 0 Å². The van der Waals surface area contributed by atoms with E-state index < -0.39 is 10.9 Å². The minimum atomic E-state index is -0.871. The Morgan fingerprint density at radius 2 is 2.05 bits per heavy atom. The summed E-state index contributed by atoms with van der Waals surface area (Å²) in [5, 5.41) is 20.8. The van der Waals surface area contributed by atoms with Gasteiger partial charge in [-0.25, -0.2) is 0 Å². The topological polar surface area (TPSA) is 85.4 Å². The predicted octanol–water partition coefficient (Wildman–Crippen LogP) is 2.72. The molecule has 0 unspecified atom stereocenters. The van der Waals surface area contributed by atoms with E-state index in [1.165, 1.54) is 6.07 Å². The van der Waals surface area contributed by atoms with Crippen molar-refractivity contribution in [2.24, 2.45) is 7.05 Å². The van der Waals surface area contributed by atoms with Crippen LogP contribution in [-0.4, -0.2) is 20.6 Å². The zero-order valence-electron chi connectivity index (χ0n) is 11.6. The van der Waals surface area contributed by atoms with Gasteiger partial charge in [-0.3, -0.25) is 14.9 Å². The van der Waals surface area contributed by atoms with Gasteiger partial charge in [-0.15, -0.1) is 0 Å². The van der Waals surface area contributed by atoms with Crippen LogP contribution in [0.2, 0.25) is 0 Å². The fraction of sp³-hybridized carbons (Fsp3) is 0.357. The Morgan fingerprint density at radius 1 is 1.40 bits per heavy atom. The summed E-state index contributed by atoms with van der Waals surface area (Å²) >= 11 is 0. The summed E-state index contributed by atoms with van der Waals surface area (Å²) < 4.78 is 1.78. The first-order valence-electron chi connectivity index (χ1n) is 6.28. The highest BCUT2D eigenvalue weighted by molar-refractivity contribution is 5.95. The van der Waals surface area contributed by atoms with Crippen LogP contribution < -0.4 is 0 Å². The molecule has 0 aliphatic rings. The van der Waals surface area contributed by atoms with E-state index in [0.717, 1.165) is 22.2 Å². The summed E-state index contributed by atoms with van der Waals surface area (Å²) in [6, 6.07) is 3.21. The van der Waals surface area contributed by atoms with Gasteiger partial charge in [0.2, 0.25) is 0 Å². The largest absolute Gasteiger partial charge is 0.481 e. The Bertz CT molecular complexity index is 716. The number of rotatable bonds is 4. The van der Waals surface area contributed by atoms with Gasteiger partial charge in [-0.1, -0.05) is 6.07 Å². The molecule has 0 saturated heterocycles. The number of aromatic nitrogens is 1. The number of benzene rings is 1. The molecule has 0 bridgehead atoms. The number of aliphatic carboxylic acids is 1. The van der Waals surface area contributed by atoms with Crippen LogP contribution in [0, 0.1) is 24.0 Å². The van der Waals surface area contributed by atoms with Crippen LogP contribution in [0.3, 0.4) is 0 Å². The average molecular weight is 276 g/mol. The molecular weight excluding hydrogens is 260 g/mol. The number of fused-ring (bicyclic) bond motifs is 1. The van der Waals surface area contributed by atoms with Gasteiger partial charge < -0.3 is 9.67 Å². The third-order valence-corrected chi connectivity index (χ3v) is 3.73. The Morgan fingerprint density at radius 3 is 2.60 bits per heavy atom. The lowest BCUT2D eigenvalue weighted by Crippen LogP contribution is -1.99. The highest BCUT2D eigenvalue weighted by Crippen LogP contribution is 2.34. The van der Waals surface area contributed by atoms with E-state index in [1.54, 1.807) is 17.7 Å². The van der Waals surface area contributed by atoms with Crippen LogP contribution in [0.15, 0.2) is 12.1 Å². The third-order valence-electron chi connectivity index (χ3n) is 3.73. The summed E-state index contributed by atoms with van der Waals surface area (Å²) in [6.07, 6.45) is 0.391. The molecule has 20 heavy (non-hydrogen) atoms. The molecule has 0 saturated carbocycles. The van der Waals surface area contributed by atoms with E-state index in [4.69, 9.17) is 5.11 Å². The molecule has 0 aliphatic heterocycles. The molecule has 2 aromatic rings. The maximum absolute atomic E-state index is 11.2. The Kier molecular flexibility index (Phi) is 3.48. The second-order valence-electron chi connectivity index (χ2n) is 4.90. The SMILES string of the molecule is Cc1ccc([N+](=O)[O-])c2c1c(CCC(=O)O)c(C)n2C. The molecule has 0 amide bonds. The fourth-order valence-electron chi connectivity index (χ4n) is 2.64. The molecule has 1 aromatic heterocycles.